The summed E-state index contributed by atoms with van der Waals surface area (Å²) in [5.74, 6) is 0.739. The Kier molecular flexibility index (Phi) is 5.43. The van der Waals surface area contributed by atoms with Crippen LogP contribution in [0.3, 0.4) is 0 Å². The minimum absolute atomic E-state index is 0.0706. The monoisotopic (exact) mass is 280 g/mol. The van der Waals surface area contributed by atoms with Crippen molar-refractivity contribution in [1.82, 2.24) is 0 Å². The van der Waals surface area contributed by atoms with Crippen LogP contribution in [0.1, 0.15) is 31.4 Å². The normalized spacial score (nSPS) is 27.2. The van der Waals surface area contributed by atoms with Crippen molar-refractivity contribution in [2.45, 2.75) is 32.2 Å². The van der Waals surface area contributed by atoms with Gasteiger partial charge in [-0.05, 0) is 24.2 Å². The second kappa shape index (κ2) is 7.08. The lowest BCUT2D eigenvalue weighted by Crippen LogP contribution is -2.33. The van der Waals surface area contributed by atoms with Crippen LogP contribution in [0.5, 0.6) is 0 Å². The van der Waals surface area contributed by atoms with Crippen molar-refractivity contribution in [3.05, 3.63) is 35.9 Å². The molecule has 3 atom stereocenters. The van der Waals surface area contributed by atoms with Gasteiger partial charge in [0.05, 0.1) is 12.0 Å². The molecule has 104 valence electrons. The molecule has 4 heteroatoms. The summed E-state index contributed by atoms with van der Waals surface area (Å²) in [6.07, 6.45) is 1.21. The topological polar surface area (TPSA) is 35.5 Å². The van der Waals surface area contributed by atoms with Gasteiger partial charge < -0.3 is 9.47 Å². The quantitative estimate of drug-likeness (QED) is 0.846. The molecule has 1 saturated heterocycles. The summed E-state index contributed by atoms with van der Waals surface area (Å²) in [5.41, 5.74) is 1.05. The minimum Gasteiger partial charge on any atom is -0.356 e. The Hall–Kier alpha value is -0.840. The second-order valence-corrected chi connectivity index (χ2v) is 5.84. The largest absolute Gasteiger partial charge is 0.356 e. The Balaban J connectivity index is 2.19. The summed E-state index contributed by atoms with van der Waals surface area (Å²) in [4.78, 5) is 12.2. The van der Waals surface area contributed by atoms with Crippen LogP contribution in [0.4, 0.5) is 0 Å². The Morgan fingerprint density at radius 1 is 1.37 bits per heavy atom. The van der Waals surface area contributed by atoms with E-state index in [-0.39, 0.29) is 23.4 Å². The maximum absolute atomic E-state index is 12.2. The first-order chi connectivity index (χ1) is 9.26. The van der Waals surface area contributed by atoms with Crippen molar-refractivity contribution in [3.63, 3.8) is 0 Å². The van der Waals surface area contributed by atoms with E-state index in [0.717, 1.165) is 24.2 Å². The van der Waals surface area contributed by atoms with E-state index in [4.69, 9.17) is 9.47 Å². The van der Waals surface area contributed by atoms with E-state index < -0.39 is 0 Å². The van der Waals surface area contributed by atoms with E-state index in [1.54, 1.807) is 7.11 Å². The van der Waals surface area contributed by atoms with Gasteiger partial charge in [-0.25, -0.2) is 0 Å². The Labute approximate surface area is 118 Å². The van der Waals surface area contributed by atoms with Gasteiger partial charge in [0.25, 0.3) is 0 Å². The Morgan fingerprint density at radius 3 is 2.74 bits per heavy atom. The number of methoxy groups -OCH3 is 1. The van der Waals surface area contributed by atoms with Crippen LogP contribution in [0.25, 0.3) is 0 Å². The third-order valence-corrected chi connectivity index (χ3v) is 4.23. The van der Waals surface area contributed by atoms with Gasteiger partial charge >= 0.3 is 0 Å². The van der Waals surface area contributed by atoms with E-state index in [1.165, 1.54) is 11.8 Å². The fourth-order valence-electron chi connectivity index (χ4n) is 2.41. The van der Waals surface area contributed by atoms with Gasteiger partial charge in [0, 0.05) is 7.11 Å². The SMILES string of the molecule is CCSC(=O)[C@H]1CCC(OC)O[C@@H]1c1ccccc1. The molecule has 3 nitrogen and oxygen atoms in total. The molecule has 1 aromatic carbocycles. The molecule has 1 fully saturated rings. The lowest BCUT2D eigenvalue weighted by molar-refractivity contribution is -0.198. The van der Waals surface area contributed by atoms with E-state index in [9.17, 15) is 4.79 Å². The minimum atomic E-state index is -0.208. The molecule has 0 amide bonds. The van der Waals surface area contributed by atoms with E-state index in [0.29, 0.717) is 0 Å². The summed E-state index contributed by atoms with van der Waals surface area (Å²) in [6.45, 7) is 2.00. The molecular formula is C15H20O3S. The highest BCUT2D eigenvalue weighted by atomic mass is 32.2. The van der Waals surface area contributed by atoms with Gasteiger partial charge in [0.1, 0.15) is 0 Å². The molecule has 1 aliphatic heterocycles. The number of carbonyl (C=O) groups excluding carboxylic acids is 1. The number of ether oxygens (including phenoxy) is 2. The molecule has 1 aliphatic rings. The van der Waals surface area contributed by atoms with E-state index >= 15 is 0 Å². The maximum atomic E-state index is 12.2. The highest BCUT2D eigenvalue weighted by molar-refractivity contribution is 8.13. The van der Waals surface area contributed by atoms with Crippen molar-refractivity contribution in [3.8, 4) is 0 Å². The standard InChI is InChI=1S/C15H20O3S/c1-3-19-15(16)12-9-10-13(17-2)18-14(12)11-7-5-4-6-8-11/h4-8,12-14H,3,9-10H2,1-2H3/t12-,13?,14+/m0/s1. The number of benzene rings is 1. The van der Waals surface area contributed by atoms with E-state index in [1.807, 2.05) is 37.3 Å². The molecule has 1 heterocycles. The molecule has 1 unspecified atom stereocenters. The number of carbonyl (C=O) groups is 1. The molecule has 19 heavy (non-hydrogen) atoms. The highest BCUT2D eigenvalue weighted by Gasteiger charge is 2.36. The lowest BCUT2D eigenvalue weighted by atomic mass is 9.90. The highest BCUT2D eigenvalue weighted by Crippen LogP contribution is 2.39. The van der Waals surface area contributed by atoms with Crippen molar-refractivity contribution >= 4 is 16.9 Å². The van der Waals surface area contributed by atoms with Gasteiger partial charge in [0.2, 0.25) is 0 Å². The van der Waals surface area contributed by atoms with E-state index in [2.05, 4.69) is 0 Å². The molecule has 0 radical (unpaired) electrons. The van der Waals surface area contributed by atoms with Crippen molar-refractivity contribution in [2.75, 3.05) is 12.9 Å². The van der Waals surface area contributed by atoms with Crippen LogP contribution in [0, 0.1) is 5.92 Å². The zero-order valence-electron chi connectivity index (χ0n) is 11.4. The smallest absolute Gasteiger partial charge is 0.194 e. The molecule has 2 rings (SSSR count). The molecule has 0 aliphatic carbocycles. The van der Waals surface area contributed by atoms with Crippen molar-refractivity contribution in [2.24, 2.45) is 5.92 Å². The van der Waals surface area contributed by atoms with Gasteiger partial charge in [-0.1, -0.05) is 49.0 Å². The van der Waals surface area contributed by atoms with Gasteiger partial charge in [-0.2, -0.15) is 0 Å². The third-order valence-electron chi connectivity index (χ3n) is 3.36. The number of hydrogen-bond acceptors (Lipinski definition) is 4. The van der Waals surface area contributed by atoms with Crippen LogP contribution < -0.4 is 0 Å². The number of rotatable bonds is 4. The fraction of sp³-hybridized carbons (Fsp3) is 0.533. The Morgan fingerprint density at radius 2 is 2.11 bits per heavy atom. The summed E-state index contributed by atoms with van der Waals surface area (Å²) in [6, 6.07) is 9.95. The van der Waals surface area contributed by atoms with Gasteiger partial charge in [0.15, 0.2) is 11.4 Å². The number of thioether (sulfide) groups is 1. The molecule has 0 spiro atoms. The zero-order valence-corrected chi connectivity index (χ0v) is 12.2. The average Bonchev–Trinajstić information content (AvgIpc) is 2.47. The van der Waals surface area contributed by atoms with Crippen LogP contribution in [-0.2, 0) is 14.3 Å². The molecule has 1 aromatic rings. The maximum Gasteiger partial charge on any atom is 0.194 e. The predicted molar refractivity (Wildman–Crippen MR) is 76.9 cm³/mol. The first-order valence-electron chi connectivity index (χ1n) is 6.66. The number of hydrogen-bond donors (Lipinski definition) is 0. The molecule has 0 aromatic heterocycles. The van der Waals surface area contributed by atoms with Crippen LogP contribution in [0.2, 0.25) is 0 Å². The average molecular weight is 280 g/mol. The third kappa shape index (κ3) is 3.59. The second-order valence-electron chi connectivity index (χ2n) is 4.57. The molecule has 0 saturated carbocycles. The Bertz CT molecular complexity index is 407. The van der Waals surface area contributed by atoms with Crippen LogP contribution in [0.15, 0.2) is 30.3 Å². The predicted octanol–water partition coefficient (Wildman–Crippen LogP) is 3.41. The fourth-order valence-corrected chi connectivity index (χ4v) is 3.15. The van der Waals surface area contributed by atoms with Gasteiger partial charge in [-0.3, -0.25) is 4.79 Å². The van der Waals surface area contributed by atoms with Crippen LogP contribution in [-0.4, -0.2) is 24.3 Å². The summed E-state index contributed by atoms with van der Waals surface area (Å²) in [5, 5.41) is 0.228. The van der Waals surface area contributed by atoms with Gasteiger partial charge in [-0.15, -0.1) is 0 Å². The molecular weight excluding hydrogens is 260 g/mol. The first kappa shape index (κ1) is 14.6. The molecule has 0 N–H and O–H groups in total. The van der Waals surface area contributed by atoms with Crippen molar-refractivity contribution in [1.29, 1.82) is 0 Å². The first-order valence-corrected chi connectivity index (χ1v) is 7.64. The zero-order chi connectivity index (χ0) is 13.7. The summed E-state index contributed by atoms with van der Waals surface area (Å²) in [7, 11) is 1.65. The lowest BCUT2D eigenvalue weighted by Gasteiger charge is -2.35. The summed E-state index contributed by atoms with van der Waals surface area (Å²) >= 11 is 1.39. The van der Waals surface area contributed by atoms with Crippen molar-refractivity contribution < 1.29 is 14.3 Å². The summed E-state index contributed by atoms with van der Waals surface area (Å²) < 4.78 is 11.2. The van der Waals surface area contributed by atoms with Crippen LogP contribution >= 0.6 is 11.8 Å². The molecule has 0 bridgehead atoms.